The number of carbonyl (C=O) groups excluding carboxylic acids is 1. The number of carbonyl (C=O) groups is 1. The lowest BCUT2D eigenvalue weighted by Crippen LogP contribution is -2.60. The van der Waals surface area contributed by atoms with Crippen LogP contribution in [0.25, 0.3) is 0 Å². The van der Waals surface area contributed by atoms with E-state index in [1.807, 2.05) is 6.08 Å². The van der Waals surface area contributed by atoms with Gasteiger partial charge in [0, 0.05) is 6.42 Å². The highest BCUT2D eigenvalue weighted by atomic mass is 16.7. The highest BCUT2D eigenvalue weighted by Crippen LogP contribution is 2.23. The molecule has 6 N–H and O–H groups in total. The van der Waals surface area contributed by atoms with Crippen molar-refractivity contribution in [1.29, 1.82) is 0 Å². The molecule has 1 saturated heterocycles. The first-order chi connectivity index (χ1) is 36.8. The monoisotopic (exact) mass is 1060 g/mol. The zero-order valence-corrected chi connectivity index (χ0v) is 49.3. The quantitative estimate of drug-likeness (QED) is 0.0261. The molecule has 1 heterocycles. The fraction of sp³-hybridized carbons (Fsp3) is 0.894. The van der Waals surface area contributed by atoms with Gasteiger partial charge in [-0.15, -0.1) is 0 Å². The Morgan fingerprint density at radius 1 is 0.440 bits per heavy atom. The van der Waals surface area contributed by atoms with Gasteiger partial charge in [0.25, 0.3) is 0 Å². The van der Waals surface area contributed by atoms with Crippen LogP contribution in [0, 0.1) is 0 Å². The SMILES string of the molecule is CCCCCCCCC/C=C/CC/C=C/C(O)C(COC1OC(CO)C(O)C(O)C1O)NC(=O)CCCCCCCCCCCCCCCCCCC/C=C\CCCCCCCCCCCCCCCCCCCC. The van der Waals surface area contributed by atoms with Crippen molar-refractivity contribution < 1.29 is 39.8 Å². The van der Waals surface area contributed by atoms with E-state index in [4.69, 9.17) is 9.47 Å². The van der Waals surface area contributed by atoms with Crippen LogP contribution in [0.1, 0.15) is 322 Å². The third kappa shape index (κ3) is 44.9. The molecule has 0 aliphatic carbocycles. The number of aliphatic hydroxyl groups is 5. The van der Waals surface area contributed by atoms with Crippen molar-refractivity contribution in [2.24, 2.45) is 0 Å². The van der Waals surface area contributed by atoms with Crippen molar-refractivity contribution >= 4 is 5.91 Å². The van der Waals surface area contributed by atoms with Gasteiger partial charge in [0.05, 0.1) is 25.4 Å². The Morgan fingerprint density at radius 3 is 1.12 bits per heavy atom. The lowest BCUT2D eigenvalue weighted by atomic mass is 9.99. The van der Waals surface area contributed by atoms with Crippen molar-refractivity contribution in [3.63, 3.8) is 0 Å². The average Bonchev–Trinajstić information content (AvgIpc) is 3.41. The zero-order valence-electron chi connectivity index (χ0n) is 49.3. The van der Waals surface area contributed by atoms with Crippen LogP contribution in [-0.2, 0) is 14.3 Å². The summed E-state index contributed by atoms with van der Waals surface area (Å²) in [5.41, 5.74) is 0. The number of hydrogen-bond donors (Lipinski definition) is 6. The van der Waals surface area contributed by atoms with E-state index in [0.717, 1.165) is 38.5 Å². The predicted molar refractivity (Wildman–Crippen MR) is 318 cm³/mol. The smallest absolute Gasteiger partial charge is 0.220 e. The van der Waals surface area contributed by atoms with Crippen LogP contribution in [0.3, 0.4) is 0 Å². The van der Waals surface area contributed by atoms with Gasteiger partial charge in [-0.05, 0) is 57.8 Å². The molecule has 0 aromatic carbocycles. The molecule has 9 nitrogen and oxygen atoms in total. The van der Waals surface area contributed by atoms with E-state index < -0.39 is 49.5 Å². The van der Waals surface area contributed by atoms with Gasteiger partial charge in [-0.1, -0.05) is 294 Å². The van der Waals surface area contributed by atoms with Gasteiger partial charge in [-0.25, -0.2) is 0 Å². The lowest BCUT2D eigenvalue weighted by Gasteiger charge is -2.40. The number of amides is 1. The van der Waals surface area contributed by atoms with Crippen molar-refractivity contribution in [2.45, 2.75) is 365 Å². The molecule has 1 fully saturated rings. The molecule has 1 aliphatic heterocycles. The maximum Gasteiger partial charge on any atom is 0.220 e. The predicted octanol–water partition coefficient (Wildman–Crippen LogP) is 17.1. The van der Waals surface area contributed by atoms with Gasteiger partial charge >= 0.3 is 0 Å². The van der Waals surface area contributed by atoms with E-state index in [1.54, 1.807) is 6.08 Å². The first kappa shape index (κ1) is 71.4. The number of nitrogens with one attached hydrogen (secondary N) is 1. The number of allylic oxidation sites excluding steroid dienone is 5. The van der Waals surface area contributed by atoms with E-state index >= 15 is 0 Å². The molecule has 75 heavy (non-hydrogen) atoms. The molecule has 442 valence electrons. The minimum Gasteiger partial charge on any atom is -0.394 e. The number of rotatable bonds is 57. The summed E-state index contributed by atoms with van der Waals surface area (Å²) < 4.78 is 11.2. The normalized spacial score (nSPS) is 19.1. The molecule has 7 unspecified atom stereocenters. The minimum absolute atomic E-state index is 0.183. The van der Waals surface area contributed by atoms with Crippen LogP contribution in [0.15, 0.2) is 36.5 Å². The summed E-state index contributed by atoms with van der Waals surface area (Å²) in [6, 6.07) is -0.820. The van der Waals surface area contributed by atoms with Crippen LogP contribution in [0.4, 0.5) is 0 Å². The Balaban J connectivity index is 2.03. The second-order valence-electron chi connectivity index (χ2n) is 22.9. The first-order valence-electron chi connectivity index (χ1n) is 32.7. The van der Waals surface area contributed by atoms with Crippen molar-refractivity contribution in [2.75, 3.05) is 13.2 Å². The van der Waals surface area contributed by atoms with Crippen LogP contribution >= 0.6 is 0 Å². The van der Waals surface area contributed by atoms with E-state index in [9.17, 15) is 30.3 Å². The molecule has 1 aliphatic rings. The highest BCUT2D eigenvalue weighted by Gasteiger charge is 2.44. The molecule has 1 amide bonds. The zero-order chi connectivity index (χ0) is 54.3. The van der Waals surface area contributed by atoms with Gasteiger partial charge in [0.2, 0.25) is 5.91 Å². The van der Waals surface area contributed by atoms with Crippen molar-refractivity contribution in [3.8, 4) is 0 Å². The maximum atomic E-state index is 13.0. The average molecular weight is 1060 g/mol. The molecule has 9 heteroatoms. The van der Waals surface area contributed by atoms with E-state index in [2.05, 4.69) is 43.5 Å². The molecular formula is C66H125NO8. The van der Waals surface area contributed by atoms with E-state index in [-0.39, 0.29) is 12.5 Å². The van der Waals surface area contributed by atoms with Crippen molar-refractivity contribution in [3.05, 3.63) is 36.5 Å². The number of unbranched alkanes of at least 4 members (excludes halogenated alkanes) is 43. The Bertz CT molecular complexity index is 1270. The third-order valence-corrected chi connectivity index (χ3v) is 15.7. The van der Waals surface area contributed by atoms with Gasteiger partial charge in [0.1, 0.15) is 24.4 Å². The molecule has 7 atom stereocenters. The number of aliphatic hydroxyl groups excluding tert-OH is 5. The summed E-state index contributed by atoms with van der Waals surface area (Å²) in [5.74, 6) is -0.183. The molecule has 0 bridgehead atoms. The Hall–Kier alpha value is -1.59. The molecule has 0 spiro atoms. The highest BCUT2D eigenvalue weighted by molar-refractivity contribution is 5.76. The summed E-state index contributed by atoms with van der Waals surface area (Å²) in [6.45, 7) is 3.78. The number of hydrogen-bond acceptors (Lipinski definition) is 8. The topological polar surface area (TPSA) is 149 Å². The minimum atomic E-state index is -1.57. The Labute approximate surface area is 463 Å². The van der Waals surface area contributed by atoms with E-state index in [1.165, 1.54) is 263 Å². The van der Waals surface area contributed by atoms with Crippen LogP contribution in [0.2, 0.25) is 0 Å². The summed E-state index contributed by atoms with van der Waals surface area (Å²) in [4.78, 5) is 13.0. The van der Waals surface area contributed by atoms with Gasteiger partial charge in [-0.2, -0.15) is 0 Å². The lowest BCUT2D eigenvalue weighted by molar-refractivity contribution is -0.302. The first-order valence-corrected chi connectivity index (χ1v) is 32.7. The molecule has 0 aromatic heterocycles. The molecule has 0 aromatic rings. The van der Waals surface area contributed by atoms with E-state index in [0.29, 0.717) is 6.42 Å². The maximum absolute atomic E-state index is 13.0. The van der Waals surface area contributed by atoms with Crippen LogP contribution in [-0.4, -0.2) is 87.5 Å². The fourth-order valence-corrected chi connectivity index (χ4v) is 10.5. The fourth-order valence-electron chi connectivity index (χ4n) is 10.5. The Kier molecular flexibility index (Phi) is 53.1. The molecule has 1 rings (SSSR count). The largest absolute Gasteiger partial charge is 0.394 e. The van der Waals surface area contributed by atoms with Crippen LogP contribution < -0.4 is 5.32 Å². The summed E-state index contributed by atoms with van der Waals surface area (Å²) >= 11 is 0. The standard InChI is InChI=1S/C66H125NO8/c1-3-5-7-9-11-13-15-17-18-19-20-21-22-23-24-25-26-27-28-29-30-31-32-33-34-35-36-37-38-39-40-41-42-44-46-48-50-52-54-56-62(70)67-59(58-74-66-65(73)64(72)63(71)61(57-68)75-66)60(69)55-53-51-49-47-45-43-16-14-12-10-8-6-4-2/h29-30,45,47,53,55,59-61,63-66,68-69,71-73H,3-28,31-44,46,48-52,54,56-58H2,1-2H3,(H,67,70)/b30-29-,47-45+,55-53+. The summed E-state index contributed by atoms with van der Waals surface area (Å²) in [5, 5.41) is 54.4. The third-order valence-electron chi connectivity index (χ3n) is 15.7. The molecule has 0 saturated carbocycles. The second-order valence-corrected chi connectivity index (χ2v) is 22.9. The summed E-state index contributed by atoms with van der Waals surface area (Å²) in [7, 11) is 0. The Morgan fingerprint density at radius 2 is 0.760 bits per heavy atom. The molecule has 0 radical (unpaired) electrons. The van der Waals surface area contributed by atoms with Crippen LogP contribution in [0.5, 0.6) is 0 Å². The summed E-state index contributed by atoms with van der Waals surface area (Å²) in [6.07, 6.45) is 67.0. The van der Waals surface area contributed by atoms with Crippen molar-refractivity contribution in [1.82, 2.24) is 5.32 Å². The molecular weight excluding hydrogens is 935 g/mol. The van der Waals surface area contributed by atoms with Gasteiger partial charge in [0.15, 0.2) is 6.29 Å². The van der Waals surface area contributed by atoms with Gasteiger partial charge in [-0.3, -0.25) is 4.79 Å². The second kappa shape index (κ2) is 55.7. The number of ether oxygens (including phenoxy) is 2. The van der Waals surface area contributed by atoms with Gasteiger partial charge < -0.3 is 40.3 Å².